The number of aromatic nitrogens is 2. The van der Waals surface area contributed by atoms with Crippen molar-refractivity contribution in [1.29, 1.82) is 0 Å². The number of halogens is 2. The smallest absolute Gasteiger partial charge is 0.347 e. The quantitative estimate of drug-likeness (QED) is 0.270. The molecule has 8 nitrogen and oxygen atoms in total. The molecule has 1 fully saturated rings. The fourth-order valence-corrected chi connectivity index (χ4v) is 5.52. The van der Waals surface area contributed by atoms with E-state index < -0.39 is 17.3 Å². The van der Waals surface area contributed by atoms with Crippen molar-refractivity contribution in [1.82, 2.24) is 15.3 Å². The zero-order valence-corrected chi connectivity index (χ0v) is 20.7. The minimum absolute atomic E-state index is 0.0640. The van der Waals surface area contributed by atoms with E-state index in [1.807, 2.05) is 0 Å². The molecule has 2 aromatic heterocycles. The summed E-state index contributed by atoms with van der Waals surface area (Å²) in [6.07, 6.45) is 0.999. The molecule has 1 aliphatic rings. The first-order valence-corrected chi connectivity index (χ1v) is 12.5. The molecule has 190 valence electrons. The fourth-order valence-electron chi connectivity index (χ4n) is 4.33. The van der Waals surface area contributed by atoms with Crippen LogP contribution < -0.4 is 21.0 Å². The van der Waals surface area contributed by atoms with E-state index in [4.69, 9.17) is 9.15 Å². The standard InChI is InChI=1S/C26H22F2N4O4S/c1-13(33)22-23(21-12-29-7-8-37-21)16-6-4-15(10-20(16)36-25(22)34)31-26-30-11-18(28)24(32-26)17-5-3-14(27)9-19(17)35-2/h3-6,9-11,21,29H,7-8,12H2,1-2H3,(H,30,31,32). The number of thioether (sulfide) groups is 1. The number of Topliss-reactive ketones (excluding diaryl/α,β-unsaturated/α-hetero) is 1. The third-order valence-corrected chi connectivity index (χ3v) is 7.21. The normalized spacial score (nSPS) is 15.5. The van der Waals surface area contributed by atoms with Gasteiger partial charge in [0.1, 0.15) is 28.4 Å². The number of hydrogen-bond donors (Lipinski definition) is 2. The van der Waals surface area contributed by atoms with E-state index in [2.05, 4.69) is 20.6 Å². The van der Waals surface area contributed by atoms with Gasteiger partial charge in [-0.3, -0.25) is 4.79 Å². The Labute approximate surface area is 214 Å². The van der Waals surface area contributed by atoms with Gasteiger partial charge >= 0.3 is 5.63 Å². The average Bonchev–Trinajstić information content (AvgIpc) is 2.89. The van der Waals surface area contributed by atoms with Crippen LogP contribution in [0.1, 0.15) is 28.1 Å². The number of carbonyl (C=O) groups excluding carboxylic acids is 1. The second-order valence-corrected chi connectivity index (χ2v) is 9.68. The summed E-state index contributed by atoms with van der Waals surface area (Å²) in [5.41, 5.74) is 0.995. The minimum atomic E-state index is -0.708. The van der Waals surface area contributed by atoms with Gasteiger partial charge in [-0.15, -0.1) is 0 Å². The number of rotatable bonds is 6. The molecular formula is C26H22F2N4O4S. The molecule has 37 heavy (non-hydrogen) atoms. The topological polar surface area (TPSA) is 106 Å². The number of anilines is 2. The van der Waals surface area contributed by atoms with Gasteiger partial charge in [-0.25, -0.2) is 23.5 Å². The molecule has 0 saturated carbocycles. The van der Waals surface area contributed by atoms with E-state index in [1.54, 1.807) is 30.0 Å². The Balaban J connectivity index is 1.54. The van der Waals surface area contributed by atoms with Crippen molar-refractivity contribution in [2.24, 2.45) is 0 Å². The Morgan fingerprint density at radius 2 is 2.08 bits per heavy atom. The molecule has 0 amide bonds. The number of ether oxygens (including phenoxy) is 1. The molecule has 3 heterocycles. The highest BCUT2D eigenvalue weighted by atomic mass is 32.2. The molecule has 1 unspecified atom stereocenters. The van der Waals surface area contributed by atoms with Crippen molar-refractivity contribution in [3.63, 3.8) is 0 Å². The van der Waals surface area contributed by atoms with Gasteiger partial charge in [0, 0.05) is 52.9 Å². The molecule has 2 aromatic carbocycles. The van der Waals surface area contributed by atoms with Crippen LogP contribution in [0.3, 0.4) is 0 Å². The Hall–Kier alpha value is -3.83. The number of hydrogen-bond acceptors (Lipinski definition) is 9. The zero-order chi connectivity index (χ0) is 26.1. The fraction of sp³-hybridized carbons (Fsp3) is 0.231. The lowest BCUT2D eigenvalue weighted by atomic mass is 9.98. The number of nitrogens with one attached hydrogen (secondary N) is 2. The summed E-state index contributed by atoms with van der Waals surface area (Å²) in [5.74, 6) is -0.535. The maximum atomic E-state index is 14.6. The van der Waals surface area contributed by atoms with Gasteiger partial charge in [-0.2, -0.15) is 11.8 Å². The highest BCUT2D eigenvalue weighted by Crippen LogP contribution is 2.37. The maximum Gasteiger partial charge on any atom is 0.347 e. The average molecular weight is 525 g/mol. The van der Waals surface area contributed by atoms with Crippen molar-refractivity contribution < 1.29 is 22.7 Å². The Morgan fingerprint density at radius 1 is 1.24 bits per heavy atom. The lowest BCUT2D eigenvalue weighted by Gasteiger charge is -2.25. The highest BCUT2D eigenvalue weighted by Gasteiger charge is 2.27. The molecule has 0 aliphatic carbocycles. The summed E-state index contributed by atoms with van der Waals surface area (Å²) in [7, 11) is 1.35. The van der Waals surface area contributed by atoms with Crippen LogP contribution in [0.25, 0.3) is 22.2 Å². The van der Waals surface area contributed by atoms with Crippen molar-refractivity contribution in [3.05, 3.63) is 75.8 Å². The van der Waals surface area contributed by atoms with Crippen molar-refractivity contribution >= 4 is 40.2 Å². The van der Waals surface area contributed by atoms with E-state index in [0.29, 0.717) is 28.8 Å². The molecule has 11 heteroatoms. The van der Waals surface area contributed by atoms with Crippen LogP contribution >= 0.6 is 11.8 Å². The third-order valence-electron chi connectivity index (χ3n) is 5.97. The van der Waals surface area contributed by atoms with Crippen LogP contribution in [0, 0.1) is 11.6 Å². The van der Waals surface area contributed by atoms with Gasteiger partial charge in [-0.1, -0.05) is 0 Å². The molecule has 5 rings (SSSR count). The Morgan fingerprint density at radius 3 is 2.81 bits per heavy atom. The Bertz CT molecular complexity index is 1570. The summed E-state index contributed by atoms with van der Waals surface area (Å²) >= 11 is 1.68. The largest absolute Gasteiger partial charge is 0.496 e. The van der Waals surface area contributed by atoms with E-state index in [0.717, 1.165) is 24.6 Å². The molecule has 1 aliphatic heterocycles. The summed E-state index contributed by atoms with van der Waals surface area (Å²) in [5, 5.41) is 6.88. The first-order valence-electron chi connectivity index (χ1n) is 11.4. The van der Waals surface area contributed by atoms with Gasteiger partial charge in [0.15, 0.2) is 11.6 Å². The molecule has 0 radical (unpaired) electrons. The molecule has 0 bridgehead atoms. The Kier molecular flexibility index (Phi) is 6.90. The monoisotopic (exact) mass is 524 g/mol. The van der Waals surface area contributed by atoms with E-state index in [-0.39, 0.29) is 39.6 Å². The van der Waals surface area contributed by atoms with Crippen LogP contribution in [-0.2, 0) is 0 Å². The maximum absolute atomic E-state index is 14.6. The first-order chi connectivity index (χ1) is 17.9. The number of benzene rings is 2. The number of ketones is 1. The van der Waals surface area contributed by atoms with Crippen LogP contribution in [0.2, 0.25) is 0 Å². The predicted molar refractivity (Wildman–Crippen MR) is 138 cm³/mol. The summed E-state index contributed by atoms with van der Waals surface area (Å²) < 4.78 is 38.9. The van der Waals surface area contributed by atoms with Gasteiger partial charge in [0.05, 0.1) is 13.3 Å². The number of nitrogens with zero attached hydrogens (tertiary/aromatic N) is 2. The van der Waals surface area contributed by atoms with Crippen LogP contribution in [0.15, 0.2) is 51.8 Å². The van der Waals surface area contributed by atoms with Crippen LogP contribution in [0.5, 0.6) is 5.75 Å². The van der Waals surface area contributed by atoms with Gasteiger partial charge in [-0.05, 0) is 36.8 Å². The second kappa shape index (κ2) is 10.3. The van der Waals surface area contributed by atoms with E-state index in [9.17, 15) is 18.4 Å². The number of fused-ring (bicyclic) bond motifs is 1. The molecule has 1 atom stereocenters. The van der Waals surface area contributed by atoms with Crippen molar-refractivity contribution in [3.8, 4) is 17.0 Å². The number of methoxy groups -OCH3 is 1. The third kappa shape index (κ3) is 4.92. The molecule has 0 spiro atoms. The molecule has 2 N–H and O–H groups in total. The number of carbonyl (C=O) groups is 1. The highest BCUT2D eigenvalue weighted by molar-refractivity contribution is 7.99. The van der Waals surface area contributed by atoms with E-state index in [1.165, 1.54) is 26.2 Å². The van der Waals surface area contributed by atoms with Gasteiger partial charge in [0.25, 0.3) is 0 Å². The van der Waals surface area contributed by atoms with Crippen LogP contribution in [0.4, 0.5) is 20.4 Å². The van der Waals surface area contributed by atoms with Gasteiger partial charge in [0.2, 0.25) is 5.95 Å². The lowest BCUT2D eigenvalue weighted by Crippen LogP contribution is -2.30. The van der Waals surface area contributed by atoms with Gasteiger partial charge < -0.3 is 19.8 Å². The summed E-state index contributed by atoms with van der Waals surface area (Å²) in [4.78, 5) is 33.4. The van der Waals surface area contributed by atoms with Crippen molar-refractivity contribution in [2.45, 2.75) is 12.2 Å². The van der Waals surface area contributed by atoms with Crippen LogP contribution in [-0.4, -0.2) is 41.7 Å². The predicted octanol–water partition coefficient (Wildman–Crippen LogP) is 4.86. The first kappa shape index (κ1) is 24.8. The molecule has 4 aromatic rings. The van der Waals surface area contributed by atoms with E-state index >= 15 is 0 Å². The molecule has 1 saturated heterocycles. The molecular weight excluding hydrogens is 502 g/mol. The SMILES string of the molecule is COc1cc(F)ccc1-c1nc(Nc2ccc3c(C4CNCCS4)c(C(C)=O)c(=O)oc3c2)ncc1F. The lowest BCUT2D eigenvalue weighted by molar-refractivity contribution is 0.101. The van der Waals surface area contributed by atoms with Crippen molar-refractivity contribution in [2.75, 3.05) is 31.3 Å². The summed E-state index contributed by atoms with van der Waals surface area (Å²) in [6.45, 7) is 2.84. The zero-order valence-electron chi connectivity index (χ0n) is 19.9. The summed E-state index contributed by atoms with van der Waals surface area (Å²) in [6, 6.07) is 8.82. The second-order valence-electron chi connectivity index (χ2n) is 8.37. The minimum Gasteiger partial charge on any atom is -0.496 e.